The summed E-state index contributed by atoms with van der Waals surface area (Å²) in [6.45, 7) is 5.75. The van der Waals surface area contributed by atoms with Crippen LogP contribution in [0.5, 0.6) is 0 Å². The lowest BCUT2D eigenvalue weighted by Crippen LogP contribution is -2.30. The van der Waals surface area contributed by atoms with Crippen LogP contribution in [0.1, 0.15) is 62.6 Å². The van der Waals surface area contributed by atoms with E-state index in [-0.39, 0.29) is 5.92 Å². The molecule has 2 aromatic rings. The summed E-state index contributed by atoms with van der Waals surface area (Å²) < 4.78 is 10.5. The molecule has 0 amide bonds. The van der Waals surface area contributed by atoms with Crippen LogP contribution in [0.4, 0.5) is 0 Å². The third-order valence-electron chi connectivity index (χ3n) is 4.19. The average molecular weight is 305 g/mol. The minimum absolute atomic E-state index is 0.247. The molecule has 2 aromatic heterocycles. The standard InChI is InChI=1S/C16H23N3O3/c1-11(2)16-17-15(18-22-16)10-19-7-3-5-12(19)9-13(20)14-6-4-8-21-14/h4,6,8,11-13,20H,3,5,7,9-10H2,1-2H3. The summed E-state index contributed by atoms with van der Waals surface area (Å²) in [4.78, 5) is 6.76. The molecule has 2 atom stereocenters. The van der Waals surface area contributed by atoms with E-state index in [1.165, 1.54) is 0 Å². The number of likely N-dealkylation sites (tertiary alicyclic amines) is 1. The maximum absolute atomic E-state index is 10.3. The Morgan fingerprint density at radius 2 is 2.32 bits per heavy atom. The summed E-state index contributed by atoms with van der Waals surface area (Å²) in [6, 6.07) is 3.94. The molecule has 0 bridgehead atoms. The highest BCUT2D eigenvalue weighted by Crippen LogP contribution is 2.28. The van der Waals surface area contributed by atoms with E-state index >= 15 is 0 Å². The van der Waals surface area contributed by atoms with Crippen molar-refractivity contribution in [3.05, 3.63) is 35.9 Å². The van der Waals surface area contributed by atoms with Crippen LogP contribution in [-0.4, -0.2) is 32.7 Å². The van der Waals surface area contributed by atoms with Crippen molar-refractivity contribution < 1.29 is 14.0 Å². The van der Waals surface area contributed by atoms with Crippen molar-refractivity contribution in [3.8, 4) is 0 Å². The van der Waals surface area contributed by atoms with Crippen LogP contribution in [0.25, 0.3) is 0 Å². The normalized spacial score (nSPS) is 20.8. The lowest BCUT2D eigenvalue weighted by molar-refractivity contribution is 0.0984. The second-order valence-electron chi connectivity index (χ2n) is 6.24. The summed E-state index contributed by atoms with van der Waals surface area (Å²) in [7, 11) is 0. The van der Waals surface area contributed by atoms with E-state index < -0.39 is 6.10 Å². The molecule has 0 aromatic carbocycles. The van der Waals surface area contributed by atoms with Crippen LogP contribution in [0.2, 0.25) is 0 Å². The Kier molecular flexibility index (Phi) is 4.59. The second-order valence-corrected chi connectivity index (χ2v) is 6.24. The number of nitrogens with zero attached hydrogens (tertiary/aromatic N) is 3. The number of aliphatic hydroxyl groups is 1. The van der Waals surface area contributed by atoms with Crippen molar-refractivity contribution in [2.75, 3.05) is 6.54 Å². The molecule has 0 radical (unpaired) electrons. The van der Waals surface area contributed by atoms with E-state index in [4.69, 9.17) is 8.94 Å². The van der Waals surface area contributed by atoms with Gasteiger partial charge in [0, 0.05) is 12.0 Å². The largest absolute Gasteiger partial charge is 0.467 e. The number of hydrogen-bond acceptors (Lipinski definition) is 6. The molecule has 1 N–H and O–H groups in total. The molecule has 6 nitrogen and oxygen atoms in total. The molecule has 1 aliphatic heterocycles. The van der Waals surface area contributed by atoms with Crippen molar-refractivity contribution >= 4 is 0 Å². The van der Waals surface area contributed by atoms with Gasteiger partial charge in [0.2, 0.25) is 5.89 Å². The minimum Gasteiger partial charge on any atom is -0.467 e. The fourth-order valence-corrected chi connectivity index (χ4v) is 2.97. The van der Waals surface area contributed by atoms with Gasteiger partial charge in [-0.3, -0.25) is 4.90 Å². The third-order valence-corrected chi connectivity index (χ3v) is 4.19. The van der Waals surface area contributed by atoms with Gasteiger partial charge in [0.25, 0.3) is 0 Å². The molecule has 1 saturated heterocycles. The Bertz CT molecular complexity index is 579. The van der Waals surface area contributed by atoms with Crippen molar-refractivity contribution in [2.45, 2.75) is 57.7 Å². The van der Waals surface area contributed by atoms with E-state index in [9.17, 15) is 5.11 Å². The van der Waals surface area contributed by atoms with E-state index in [2.05, 4.69) is 15.0 Å². The number of hydrogen-bond donors (Lipinski definition) is 1. The predicted molar refractivity (Wildman–Crippen MR) is 80.1 cm³/mol. The topological polar surface area (TPSA) is 75.5 Å². The molecule has 3 rings (SSSR count). The molecule has 120 valence electrons. The predicted octanol–water partition coefficient (Wildman–Crippen LogP) is 2.87. The highest BCUT2D eigenvalue weighted by Gasteiger charge is 2.29. The molecule has 0 spiro atoms. The molecule has 1 fully saturated rings. The third kappa shape index (κ3) is 3.39. The van der Waals surface area contributed by atoms with Gasteiger partial charge in [-0.15, -0.1) is 0 Å². The molecular weight excluding hydrogens is 282 g/mol. The van der Waals surface area contributed by atoms with E-state index in [1.54, 1.807) is 12.3 Å². The Labute approximate surface area is 130 Å². The van der Waals surface area contributed by atoms with Gasteiger partial charge in [-0.2, -0.15) is 4.98 Å². The van der Waals surface area contributed by atoms with Gasteiger partial charge in [0.15, 0.2) is 5.82 Å². The number of rotatable bonds is 6. The maximum Gasteiger partial charge on any atom is 0.229 e. The van der Waals surface area contributed by atoms with Crippen LogP contribution < -0.4 is 0 Å². The molecule has 22 heavy (non-hydrogen) atoms. The fraction of sp³-hybridized carbons (Fsp3) is 0.625. The first-order chi connectivity index (χ1) is 10.6. The summed E-state index contributed by atoms with van der Waals surface area (Å²) in [6.07, 6.45) is 3.91. The van der Waals surface area contributed by atoms with Gasteiger partial charge in [-0.05, 0) is 37.9 Å². The summed E-state index contributed by atoms with van der Waals surface area (Å²) >= 11 is 0. The van der Waals surface area contributed by atoms with E-state index in [1.807, 2.05) is 19.9 Å². The summed E-state index contributed by atoms with van der Waals surface area (Å²) in [5.74, 6) is 2.29. The smallest absolute Gasteiger partial charge is 0.229 e. The van der Waals surface area contributed by atoms with Gasteiger partial charge in [-0.25, -0.2) is 0 Å². The van der Waals surface area contributed by atoms with Gasteiger partial charge in [0.1, 0.15) is 11.9 Å². The molecule has 1 aliphatic rings. The zero-order chi connectivity index (χ0) is 15.5. The molecular formula is C16H23N3O3. The van der Waals surface area contributed by atoms with Gasteiger partial charge in [0.05, 0.1) is 12.8 Å². The number of furan rings is 1. The Hall–Kier alpha value is -1.66. The van der Waals surface area contributed by atoms with Gasteiger partial charge < -0.3 is 14.0 Å². The monoisotopic (exact) mass is 305 g/mol. The SMILES string of the molecule is CC(C)c1nc(CN2CCCC2CC(O)c2ccco2)no1. The minimum atomic E-state index is -0.558. The van der Waals surface area contributed by atoms with Crippen LogP contribution in [-0.2, 0) is 6.54 Å². The Balaban J connectivity index is 1.60. The average Bonchev–Trinajstić information content (AvgIpc) is 3.20. The number of aliphatic hydroxyl groups excluding tert-OH is 1. The molecule has 0 aliphatic carbocycles. The summed E-state index contributed by atoms with van der Waals surface area (Å²) in [5.41, 5.74) is 0. The van der Waals surface area contributed by atoms with Crippen LogP contribution >= 0.6 is 0 Å². The van der Waals surface area contributed by atoms with Crippen molar-refractivity contribution in [3.63, 3.8) is 0 Å². The zero-order valence-electron chi connectivity index (χ0n) is 13.1. The van der Waals surface area contributed by atoms with Crippen LogP contribution in [0.3, 0.4) is 0 Å². The quantitative estimate of drug-likeness (QED) is 0.884. The highest BCUT2D eigenvalue weighted by molar-refractivity contribution is 5.03. The van der Waals surface area contributed by atoms with Gasteiger partial charge >= 0.3 is 0 Å². The molecule has 2 unspecified atom stereocenters. The first-order valence-electron chi connectivity index (χ1n) is 7.91. The Morgan fingerprint density at radius 3 is 3.00 bits per heavy atom. The highest BCUT2D eigenvalue weighted by atomic mass is 16.5. The van der Waals surface area contributed by atoms with Gasteiger partial charge in [-0.1, -0.05) is 19.0 Å². The fourth-order valence-electron chi connectivity index (χ4n) is 2.97. The maximum atomic E-state index is 10.3. The first kappa shape index (κ1) is 15.2. The van der Waals surface area contributed by atoms with Crippen molar-refractivity contribution in [2.24, 2.45) is 0 Å². The summed E-state index contributed by atoms with van der Waals surface area (Å²) in [5, 5.41) is 14.3. The van der Waals surface area contributed by atoms with Crippen LogP contribution in [0, 0.1) is 0 Å². The molecule has 3 heterocycles. The Morgan fingerprint density at radius 1 is 1.45 bits per heavy atom. The molecule has 0 saturated carbocycles. The van der Waals surface area contributed by atoms with Crippen molar-refractivity contribution in [1.82, 2.24) is 15.0 Å². The zero-order valence-corrected chi connectivity index (χ0v) is 13.1. The second kappa shape index (κ2) is 6.62. The van der Waals surface area contributed by atoms with E-state index in [0.717, 1.165) is 25.2 Å². The van der Waals surface area contributed by atoms with E-state index in [0.29, 0.717) is 30.7 Å². The lowest BCUT2D eigenvalue weighted by Gasteiger charge is -2.24. The van der Waals surface area contributed by atoms with Crippen LogP contribution in [0.15, 0.2) is 27.3 Å². The first-order valence-corrected chi connectivity index (χ1v) is 7.91. The van der Waals surface area contributed by atoms with Crippen molar-refractivity contribution in [1.29, 1.82) is 0 Å². The molecule has 6 heteroatoms. The lowest BCUT2D eigenvalue weighted by atomic mass is 10.1. The number of aromatic nitrogens is 2.